The number of hydrogen-bond acceptors (Lipinski definition) is 4. The Kier molecular flexibility index (Phi) is 6.26. The maximum Gasteiger partial charge on any atom is 0.238 e. The molecule has 0 aliphatic carbocycles. The fourth-order valence-corrected chi connectivity index (χ4v) is 3.93. The summed E-state index contributed by atoms with van der Waals surface area (Å²) in [6.45, 7) is 9.19. The Labute approximate surface area is 178 Å². The Bertz CT molecular complexity index is 953. The van der Waals surface area contributed by atoms with E-state index in [2.05, 4.69) is 44.5 Å². The zero-order valence-electron chi connectivity index (χ0n) is 17.7. The molecular weight excluding hydrogens is 374 g/mol. The van der Waals surface area contributed by atoms with Gasteiger partial charge < -0.3 is 5.32 Å². The van der Waals surface area contributed by atoms with Crippen LogP contribution in [0.3, 0.4) is 0 Å². The largest absolute Gasteiger partial charge is 0.324 e. The van der Waals surface area contributed by atoms with Gasteiger partial charge in [0.25, 0.3) is 0 Å². The topological polar surface area (TPSA) is 53.4 Å². The van der Waals surface area contributed by atoms with E-state index in [0.717, 1.165) is 55.2 Å². The third-order valence-electron chi connectivity index (χ3n) is 5.69. The molecule has 0 unspecified atom stereocenters. The molecule has 1 saturated heterocycles. The van der Waals surface area contributed by atoms with E-state index in [1.165, 1.54) is 5.56 Å². The van der Waals surface area contributed by atoms with Gasteiger partial charge in [-0.15, -0.1) is 0 Å². The molecule has 1 fully saturated rings. The van der Waals surface area contributed by atoms with Gasteiger partial charge in [0.2, 0.25) is 5.91 Å². The molecule has 1 aromatic heterocycles. The van der Waals surface area contributed by atoms with Crippen LogP contribution in [0.15, 0.2) is 60.9 Å². The molecule has 1 aliphatic heterocycles. The summed E-state index contributed by atoms with van der Waals surface area (Å²) in [5.41, 5.74) is 5.52. The highest BCUT2D eigenvalue weighted by atomic mass is 16.2. The summed E-state index contributed by atoms with van der Waals surface area (Å²) in [4.78, 5) is 17.2. The molecule has 0 bridgehead atoms. The summed E-state index contributed by atoms with van der Waals surface area (Å²) in [6.07, 6.45) is 3.74. The van der Waals surface area contributed by atoms with Gasteiger partial charge >= 0.3 is 0 Å². The molecule has 2 aromatic carbocycles. The van der Waals surface area contributed by atoms with E-state index in [1.807, 2.05) is 49.0 Å². The first-order valence-electron chi connectivity index (χ1n) is 10.5. The van der Waals surface area contributed by atoms with Crippen molar-refractivity contribution >= 4 is 11.6 Å². The van der Waals surface area contributed by atoms with Crippen LogP contribution in [0.25, 0.3) is 5.69 Å². The first-order valence-corrected chi connectivity index (χ1v) is 10.5. The van der Waals surface area contributed by atoms with Crippen LogP contribution in [0, 0.1) is 13.8 Å². The van der Waals surface area contributed by atoms with Crippen molar-refractivity contribution < 1.29 is 4.79 Å². The Balaban J connectivity index is 1.24. The van der Waals surface area contributed by atoms with E-state index in [-0.39, 0.29) is 5.91 Å². The number of carbonyl (C=O) groups excluding carboxylic acids is 1. The van der Waals surface area contributed by atoms with Crippen LogP contribution in [-0.4, -0.2) is 58.2 Å². The van der Waals surface area contributed by atoms with Crippen molar-refractivity contribution in [2.24, 2.45) is 0 Å². The van der Waals surface area contributed by atoms with E-state index in [1.54, 1.807) is 6.20 Å². The monoisotopic (exact) mass is 403 g/mol. The molecule has 30 heavy (non-hydrogen) atoms. The number of carbonyl (C=O) groups is 1. The van der Waals surface area contributed by atoms with Gasteiger partial charge in [-0.3, -0.25) is 14.6 Å². The number of aromatic nitrogens is 2. The summed E-state index contributed by atoms with van der Waals surface area (Å²) < 4.78 is 1.87. The Morgan fingerprint density at radius 3 is 2.23 bits per heavy atom. The van der Waals surface area contributed by atoms with Crippen LogP contribution in [0.2, 0.25) is 0 Å². The molecule has 6 nitrogen and oxygen atoms in total. The van der Waals surface area contributed by atoms with Crippen LogP contribution in [0.4, 0.5) is 5.69 Å². The van der Waals surface area contributed by atoms with Crippen LogP contribution in [0.1, 0.15) is 16.7 Å². The van der Waals surface area contributed by atoms with E-state index in [4.69, 9.17) is 0 Å². The molecule has 4 rings (SSSR count). The van der Waals surface area contributed by atoms with Crippen molar-refractivity contribution in [1.29, 1.82) is 0 Å². The van der Waals surface area contributed by atoms with Gasteiger partial charge in [0.05, 0.1) is 12.2 Å². The van der Waals surface area contributed by atoms with Gasteiger partial charge in [-0.05, 0) is 48.7 Å². The molecule has 3 aromatic rings. The molecule has 0 radical (unpaired) electrons. The van der Waals surface area contributed by atoms with Crippen molar-refractivity contribution in [1.82, 2.24) is 19.6 Å². The number of benzene rings is 2. The van der Waals surface area contributed by atoms with E-state index < -0.39 is 0 Å². The molecule has 1 aliphatic rings. The highest BCUT2D eigenvalue weighted by Crippen LogP contribution is 2.19. The average molecular weight is 404 g/mol. The zero-order valence-corrected chi connectivity index (χ0v) is 17.7. The predicted molar refractivity (Wildman–Crippen MR) is 120 cm³/mol. The Morgan fingerprint density at radius 1 is 0.933 bits per heavy atom. The number of rotatable bonds is 6. The van der Waals surface area contributed by atoms with Crippen LogP contribution in [-0.2, 0) is 11.3 Å². The summed E-state index contributed by atoms with van der Waals surface area (Å²) in [5.74, 6) is 0.0649. The van der Waals surface area contributed by atoms with Crippen molar-refractivity contribution in [2.75, 3.05) is 38.0 Å². The molecule has 0 saturated carbocycles. The third kappa shape index (κ3) is 4.96. The van der Waals surface area contributed by atoms with Gasteiger partial charge in [-0.25, -0.2) is 4.68 Å². The first kappa shape index (κ1) is 20.3. The smallest absolute Gasteiger partial charge is 0.238 e. The number of para-hydroxylation sites is 1. The number of amides is 1. The summed E-state index contributed by atoms with van der Waals surface area (Å²) in [6, 6.07) is 16.6. The zero-order chi connectivity index (χ0) is 20.9. The lowest BCUT2D eigenvalue weighted by atomic mass is 10.1. The van der Waals surface area contributed by atoms with Crippen LogP contribution >= 0.6 is 0 Å². The lowest BCUT2D eigenvalue weighted by Gasteiger charge is -2.34. The molecule has 1 amide bonds. The van der Waals surface area contributed by atoms with Crippen molar-refractivity contribution in [3.05, 3.63) is 77.6 Å². The number of nitrogens with one attached hydrogen (secondary N) is 1. The molecule has 0 atom stereocenters. The van der Waals surface area contributed by atoms with Gasteiger partial charge in [0, 0.05) is 50.8 Å². The minimum atomic E-state index is 0.0649. The molecule has 156 valence electrons. The number of aryl methyl sites for hydroxylation is 2. The second kappa shape index (κ2) is 9.24. The second-order valence-electron chi connectivity index (χ2n) is 7.98. The Morgan fingerprint density at radius 2 is 1.60 bits per heavy atom. The standard InChI is InChI=1S/C24H29N5O/c1-19-5-3-6-20(2)24(19)26-23(30)18-28-15-13-27(14-16-28)17-21-7-9-22(10-8-21)29-12-4-11-25-29/h3-12H,13-18H2,1-2H3,(H,26,30). The lowest BCUT2D eigenvalue weighted by molar-refractivity contribution is -0.117. The quantitative estimate of drug-likeness (QED) is 0.687. The fraction of sp³-hybridized carbons (Fsp3) is 0.333. The van der Waals surface area contributed by atoms with Crippen molar-refractivity contribution in [3.63, 3.8) is 0 Å². The lowest BCUT2D eigenvalue weighted by Crippen LogP contribution is -2.48. The molecule has 1 N–H and O–H groups in total. The average Bonchev–Trinajstić information content (AvgIpc) is 3.28. The van der Waals surface area contributed by atoms with Crippen molar-refractivity contribution in [3.8, 4) is 5.69 Å². The maximum absolute atomic E-state index is 12.5. The molecule has 2 heterocycles. The molecule has 0 spiro atoms. The van der Waals surface area contributed by atoms with Crippen LogP contribution < -0.4 is 5.32 Å². The number of anilines is 1. The summed E-state index contributed by atoms with van der Waals surface area (Å²) in [5, 5.41) is 7.36. The van der Waals surface area contributed by atoms with E-state index >= 15 is 0 Å². The number of hydrogen-bond donors (Lipinski definition) is 1. The SMILES string of the molecule is Cc1cccc(C)c1NC(=O)CN1CCN(Cc2ccc(-n3cccn3)cc2)CC1. The predicted octanol–water partition coefficient (Wildman–Crippen LogP) is 3.25. The molecular formula is C24H29N5O. The fourth-order valence-electron chi connectivity index (χ4n) is 3.93. The minimum Gasteiger partial charge on any atom is -0.324 e. The summed E-state index contributed by atoms with van der Waals surface area (Å²) in [7, 11) is 0. The van der Waals surface area contributed by atoms with Crippen molar-refractivity contribution in [2.45, 2.75) is 20.4 Å². The van der Waals surface area contributed by atoms with E-state index in [0.29, 0.717) is 6.54 Å². The van der Waals surface area contributed by atoms with Gasteiger partial charge in [0.15, 0.2) is 0 Å². The number of nitrogens with zero attached hydrogens (tertiary/aromatic N) is 4. The maximum atomic E-state index is 12.5. The minimum absolute atomic E-state index is 0.0649. The van der Waals surface area contributed by atoms with Crippen LogP contribution in [0.5, 0.6) is 0 Å². The number of piperazine rings is 1. The third-order valence-corrected chi connectivity index (χ3v) is 5.69. The second-order valence-corrected chi connectivity index (χ2v) is 7.98. The first-order chi connectivity index (χ1) is 14.6. The Hall–Kier alpha value is -2.96. The highest BCUT2D eigenvalue weighted by Gasteiger charge is 2.19. The normalized spacial score (nSPS) is 15.3. The highest BCUT2D eigenvalue weighted by molar-refractivity contribution is 5.93. The molecule has 6 heteroatoms. The summed E-state index contributed by atoms with van der Waals surface area (Å²) >= 11 is 0. The van der Waals surface area contributed by atoms with E-state index in [9.17, 15) is 4.79 Å². The van der Waals surface area contributed by atoms with Gasteiger partial charge in [-0.1, -0.05) is 30.3 Å². The van der Waals surface area contributed by atoms with Gasteiger partial charge in [-0.2, -0.15) is 5.10 Å². The van der Waals surface area contributed by atoms with Gasteiger partial charge in [0.1, 0.15) is 0 Å².